The van der Waals surface area contributed by atoms with Crippen molar-refractivity contribution in [1.29, 1.82) is 0 Å². The van der Waals surface area contributed by atoms with Crippen LogP contribution in [0.5, 0.6) is 0 Å². The van der Waals surface area contributed by atoms with Crippen molar-refractivity contribution >= 4 is 41.7 Å². The molecule has 3 heterocycles. The van der Waals surface area contributed by atoms with Gasteiger partial charge in [0.05, 0.1) is 5.60 Å². The Morgan fingerprint density at radius 3 is 2.71 bits per heavy atom. The summed E-state index contributed by atoms with van der Waals surface area (Å²) < 4.78 is 8.19. The van der Waals surface area contributed by atoms with Crippen LogP contribution in [0.1, 0.15) is 56.6 Å². The summed E-state index contributed by atoms with van der Waals surface area (Å²) in [5.41, 5.74) is 0.0831. The normalized spacial score (nSPS) is 28.5. The summed E-state index contributed by atoms with van der Waals surface area (Å²) in [5, 5.41) is 15.8. The monoisotopic (exact) mass is 520 g/mol. The molecule has 2 atom stereocenters. The van der Waals surface area contributed by atoms with E-state index < -0.39 is 0 Å². The zero-order valence-corrected chi connectivity index (χ0v) is 20.1. The Morgan fingerprint density at radius 1 is 1.25 bits per heavy atom. The first kappa shape index (κ1) is 22.1. The number of aryl methyl sites for hydroxylation is 1. The molecule has 2 saturated heterocycles. The largest absolute Gasteiger partial charge is 0.374 e. The number of nitrogens with one attached hydrogen (secondary N) is 2. The molecule has 2 aliphatic heterocycles. The number of hydrogen-bond donors (Lipinski definition) is 2. The molecule has 1 aromatic heterocycles. The molecular weight excluding hydrogens is 487 g/mol. The molecule has 7 nitrogen and oxygen atoms in total. The minimum absolute atomic E-state index is 0. The minimum atomic E-state index is 0. The van der Waals surface area contributed by atoms with E-state index >= 15 is 0 Å². The molecule has 1 aromatic rings. The van der Waals surface area contributed by atoms with Gasteiger partial charge in [-0.05, 0) is 44.8 Å². The fourth-order valence-electron chi connectivity index (χ4n) is 4.34. The number of guanidine groups is 1. The average Bonchev–Trinajstić information content (AvgIpc) is 3.39. The summed E-state index contributed by atoms with van der Waals surface area (Å²) in [4.78, 5) is 4.87. The summed E-state index contributed by atoms with van der Waals surface area (Å²) in [6.45, 7) is 3.36. The van der Waals surface area contributed by atoms with Crippen LogP contribution in [0.15, 0.2) is 4.99 Å². The van der Waals surface area contributed by atoms with Crippen molar-refractivity contribution in [3.8, 4) is 0 Å². The number of nitrogens with zero attached hydrogens (tertiary/aromatic N) is 4. The number of aromatic nitrogens is 3. The van der Waals surface area contributed by atoms with Crippen molar-refractivity contribution in [1.82, 2.24) is 25.4 Å². The zero-order valence-electron chi connectivity index (χ0n) is 16.9. The van der Waals surface area contributed by atoms with E-state index in [0.29, 0.717) is 18.6 Å². The van der Waals surface area contributed by atoms with E-state index in [1.54, 1.807) is 0 Å². The third-order valence-corrected chi connectivity index (χ3v) is 7.38. The topological polar surface area (TPSA) is 76.4 Å². The Morgan fingerprint density at radius 2 is 2.04 bits per heavy atom. The highest BCUT2D eigenvalue weighted by molar-refractivity contribution is 14.0. The highest BCUT2D eigenvalue weighted by Gasteiger charge is 2.40. The molecule has 2 N–H and O–H groups in total. The quantitative estimate of drug-likeness (QED) is 0.362. The Balaban J connectivity index is 0.00000225. The third kappa shape index (κ3) is 5.33. The van der Waals surface area contributed by atoms with Gasteiger partial charge in [0.15, 0.2) is 11.8 Å². The van der Waals surface area contributed by atoms with Gasteiger partial charge in [0, 0.05) is 31.5 Å². The van der Waals surface area contributed by atoms with Gasteiger partial charge in [0.1, 0.15) is 12.4 Å². The second kappa shape index (κ2) is 9.97. The van der Waals surface area contributed by atoms with Gasteiger partial charge in [-0.1, -0.05) is 12.8 Å². The van der Waals surface area contributed by atoms with E-state index in [0.717, 1.165) is 42.8 Å². The Labute approximate surface area is 189 Å². The maximum Gasteiger partial charge on any atom is 0.192 e. The standard InChI is InChI=1S/C19H32N6OS.HI/c1-14-23-24-17(25(14)2)12-20-18(21-15-5-3-4-6-15)22-16-7-9-26-19(11-16)8-10-27-13-19;/h15-16H,3-13H2,1-2H3,(H2,20,21,22);1H. The van der Waals surface area contributed by atoms with Gasteiger partial charge >= 0.3 is 0 Å². The van der Waals surface area contributed by atoms with Gasteiger partial charge in [-0.2, -0.15) is 11.8 Å². The lowest BCUT2D eigenvalue weighted by molar-refractivity contribution is -0.0679. The first-order chi connectivity index (χ1) is 13.1. The van der Waals surface area contributed by atoms with Crippen LogP contribution in [-0.2, 0) is 18.3 Å². The predicted octanol–water partition coefficient (Wildman–Crippen LogP) is 2.77. The van der Waals surface area contributed by atoms with E-state index in [4.69, 9.17) is 9.73 Å². The second-order valence-corrected chi connectivity index (χ2v) is 9.29. The molecule has 3 fully saturated rings. The fraction of sp³-hybridized carbons (Fsp3) is 0.842. The Hall–Kier alpha value is -0.550. The molecule has 158 valence electrons. The van der Waals surface area contributed by atoms with Crippen molar-refractivity contribution in [2.45, 2.75) is 76.1 Å². The van der Waals surface area contributed by atoms with Crippen molar-refractivity contribution in [3.63, 3.8) is 0 Å². The summed E-state index contributed by atoms with van der Waals surface area (Å²) in [6, 6.07) is 0.958. The molecule has 28 heavy (non-hydrogen) atoms. The molecule has 0 aromatic carbocycles. The molecule has 0 bridgehead atoms. The summed E-state index contributed by atoms with van der Waals surface area (Å²) in [7, 11) is 2.00. The van der Waals surface area contributed by atoms with Crippen LogP contribution >= 0.6 is 35.7 Å². The first-order valence-electron chi connectivity index (χ1n) is 10.3. The van der Waals surface area contributed by atoms with Gasteiger partial charge in [-0.15, -0.1) is 34.2 Å². The fourth-order valence-corrected chi connectivity index (χ4v) is 5.72. The molecule has 0 radical (unpaired) electrons. The van der Waals surface area contributed by atoms with Gasteiger partial charge in [0.2, 0.25) is 0 Å². The van der Waals surface area contributed by atoms with Gasteiger partial charge in [0.25, 0.3) is 0 Å². The lowest BCUT2D eigenvalue weighted by Crippen LogP contribution is -2.52. The van der Waals surface area contributed by atoms with Gasteiger partial charge in [-0.25, -0.2) is 4.99 Å². The van der Waals surface area contributed by atoms with Crippen LogP contribution < -0.4 is 10.6 Å². The van der Waals surface area contributed by atoms with Crippen LogP contribution in [0.25, 0.3) is 0 Å². The van der Waals surface area contributed by atoms with E-state index in [9.17, 15) is 0 Å². The highest BCUT2D eigenvalue weighted by atomic mass is 127. The smallest absolute Gasteiger partial charge is 0.192 e. The highest BCUT2D eigenvalue weighted by Crippen LogP contribution is 2.38. The molecule has 1 saturated carbocycles. The van der Waals surface area contributed by atoms with E-state index in [1.165, 1.54) is 37.9 Å². The third-order valence-electron chi connectivity index (χ3n) is 6.16. The Bertz CT molecular complexity index is 669. The SMILES string of the molecule is Cc1nnc(CN=C(NC2CCCC2)NC2CCOC3(CCSC3)C2)n1C.I. The summed E-state index contributed by atoms with van der Waals surface area (Å²) in [5.74, 6) is 5.10. The van der Waals surface area contributed by atoms with Gasteiger partial charge in [-0.3, -0.25) is 0 Å². The summed E-state index contributed by atoms with van der Waals surface area (Å²) >= 11 is 2.02. The first-order valence-corrected chi connectivity index (χ1v) is 11.4. The molecule has 0 amide bonds. The Kier molecular flexibility index (Phi) is 7.89. The number of rotatable bonds is 4. The molecule has 3 aliphatic rings. The maximum atomic E-state index is 6.18. The molecule has 2 unspecified atom stereocenters. The van der Waals surface area contributed by atoms with E-state index in [2.05, 4.69) is 20.8 Å². The van der Waals surface area contributed by atoms with Crippen LogP contribution in [0.2, 0.25) is 0 Å². The lowest BCUT2D eigenvalue weighted by Gasteiger charge is -2.38. The number of aliphatic imine (C=N–C) groups is 1. The molecule has 1 spiro atoms. The van der Waals surface area contributed by atoms with Crippen LogP contribution in [0.4, 0.5) is 0 Å². The minimum Gasteiger partial charge on any atom is -0.374 e. The predicted molar refractivity (Wildman–Crippen MR) is 124 cm³/mol. The molecular formula is C19H33IN6OS. The van der Waals surface area contributed by atoms with Crippen LogP contribution in [0, 0.1) is 6.92 Å². The maximum absolute atomic E-state index is 6.18. The molecule has 1 aliphatic carbocycles. The van der Waals surface area contributed by atoms with Crippen molar-refractivity contribution in [2.75, 3.05) is 18.1 Å². The van der Waals surface area contributed by atoms with E-state index in [1.807, 2.05) is 30.3 Å². The van der Waals surface area contributed by atoms with E-state index in [-0.39, 0.29) is 29.6 Å². The average molecular weight is 520 g/mol. The van der Waals surface area contributed by atoms with Crippen LogP contribution in [0.3, 0.4) is 0 Å². The number of hydrogen-bond acceptors (Lipinski definition) is 5. The van der Waals surface area contributed by atoms with Crippen molar-refractivity contribution in [3.05, 3.63) is 11.6 Å². The zero-order chi connectivity index (χ0) is 18.7. The van der Waals surface area contributed by atoms with Crippen molar-refractivity contribution < 1.29 is 4.74 Å². The number of halogens is 1. The van der Waals surface area contributed by atoms with Gasteiger partial charge < -0.3 is 19.9 Å². The van der Waals surface area contributed by atoms with Crippen LogP contribution in [-0.4, -0.2) is 56.5 Å². The lowest BCUT2D eigenvalue weighted by atomic mass is 9.90. The number of thioether (sulfide) groups is 1. The number of ether oxygens (including phenoxy) is 1. The molecule has 9 heteroatoms. The van der Waals surface area contributed by atoms with Crippen molar-refractivity contribution in [2.24, 2.45) is 12.0 Å². The molecule has 4 rings (SSSR count). The summed E-state index contributed by atoms with van der Waals surface area (Å²) in [6.07, 6.45) is 8.39. The second-order valence-electron chi connectivity index (χ2n) is 8.18.